The SMILES string of the molecule is CC(C)CC(Oc1ccc(N)c(N)c1)C(=O)Nc1ccc(N2CCOCC2=O)cc1. The van der Waals surface area contributed by atoms with Gasteiger partial charge in [-0.25, -0.2) is 0 Å². The van der Waals surface area contributed by atoms with Gasteiger partial charge in [-0.1, -0.05) is 13.8 Å². The third-order valence-corrected chi connectivity index (χ3v) is 4.75. The summed E-state index contributed by atoms with van der Waals surface area (Å²) in [5, 5.41) is 2.89. The minimum absolute atomic E-state index is 0.0776. The summed E-state index contributed by atoms with van der Waals surface area (Å²) in [4.78, 5) is 26.5. The van der Waals surface area contributed by atoms with E-state index in [1.165, 1.54) is 0 Å². The van der Waals surface area contributed by atoms with Gasteiger partial charge in [-0.05, 0) is 48.7 Å². The van der Waals surface area contributed by atoms with Gasteiger partial charge in [0.05, 0.1) is 18.0 Å². The van der Waals surface area contributed by atoms with Crippen molar-refractivity contribution >= 4 is 34.6 Å². The maximum Gasteiger partial charge on any atom is 0.265 e. The van der Waals surface area contributed by atoms with Crippen LogP contribution >= 0.6 is 0 Å². The Morgan fingerprint density at radius 1 is 1.17 bits per heavy atom. The molecule has 0 aromatic heterocycles. The Bertz CT molecular complexity index is 899. The van der Waals surface area contributed by atoms with E-state index in [1.54, 1.807) is 47.4 Å². The van der Waals surface area contributed by atoms with Gasteiger partial charge in [-0.2, -0.15) is 0 Å². The quantitative estimate of drug-likeness (QED) is 0.602. The number of hydrogen-bond acceptors (Lipinski definition) is 6. The number of morpholine rings is 1. The van der Waals surface area contributed by atoms with Crippen molar-refractivity contribution in [2.45, 2.75) is 26.4 Å². The van der Waals surface area contributed by atoms with Crippen LogP contribution in [0.15, 0.2) is 42.5 Å². The molecule has 1 saturated heterocycles. The van der Waals surface area contributed by atoms with Crippen molar-refractivity contribution in [3.8, 4) is 5.75 Å². The number of rotatable bonds is 7. The minimum atomic E-state index is -0.687. The highest BCUT2D eigenvalue weighted by atomic mass is 16.5. The molecule has 0 saturated carbocycles. The van der Waals surface area contributed by atoms with E-state index >= 15 is 0 Å². The normalized spacial score (nSPS) is 15.2. The standard InChI is InChI=1S/C22H28N4O4/c1-14(2)11-20(30-17-7-8-18(23)19(24)12-17)22(28)25-15-3-5-16(6-4-15)26-9-10-29-13-21(26)27/h3-8,12,14,20H,9-11,13,23-24H2,1-2H3,(H,25,28). The maximum atomic E-state index is 12.9. The molecule has 5 N–H and O–H groups in total. The first-order valence-electron chi connectivity index (χ1n) is 9.94. The molecule has 2 aromatic rings. The van der Waals surface area contributed by atoms with Gasteiger partial charge in [-0.3, -0.25) is 9.59 Å². The van der Waals surface area contributed by atoms with Gasteiger partial charge in [-0.15, -0.1) is 0 Å². The zero-order valence-electron chi connectivity index (χ0n) is 17.3. The van der Waals surface area contributed by atoms with Crippen LogP contribution in [0.4, 0.5) is 22.7 Å². The molecule has 30 heavy (non-hydrogen) atoms. The number of ether oxygens (including phenoxy) is 2. The first-order valence-corrected chi connectivity index (χ1v) is 9.94. The largest absolute Gasteiger partial charge is 0.481 e. The molecule has 8 heteroatoms. The van der Waals surface area contributed by atoms with Crippen molar-refractivity contribution in [1.82, 2.24) is 0 Å². The molecule has 1 atom stereocenters. The van der Waals surface area contributed by atoms with Crippen molar-refractivity contribution in [3.05, 3.63) is 42.5 Å². The molecule has 1 fully saturated rings. The second-order valence-electron chi connectivity index (χ2n) is 7.66. The predicted molar refractivity (Wildman–Crippen MR) is 117 cm³/mol. The minimum Gasteiger partial charge on any atom is -0.481 e. The maximum absolute atomic E-state index is 12.9. The molecule has 1 aliphatic heterocycles. The van der Waals surface area contributed by atoms with Crippen LogP contribution in [0.2, 0.25) is 0 Å². The molecular weight excluding hydrogens is 384 g/mol. The topological polar surface area (TPSA) is 120 Å². The van der Waals surface area contributed by atoms with Crippen LogP contribution in [-0.2, 0) is 14.3 Å². The highest BCUT2D eigenvalue weighted by molar-refractivity contribution is 5.96. The summed E-state index contributed by atoms with van der Waals surface area (Å²) in [6.07, 6.45) is -0.148. The number of nitrogen functional groups attached to an aromatic ring is 2. The third-order valence-electron chi connectivity index (χ3n) is 4.75. The van der Waals surface area contributed by atoms with E-state index in [-0.39, 0.29) is 24.3 Å². The highest BCUT2D eigenvalue weighted by Gasteiger charge is 2.23. The number of nitrogens with zero attached hydrogens (tertiary/aromatic N) is 1. The Kier molecular flexibility index (Phi) is 6.79. The lowest BCUT2D eigenvalue weighted by atomic mass is 10.0. The van der Waals surface area contributed by atoms with Crippen molar-refractivity contribution in [2.75, 3.05) is 41.4 Å². The lowest BCUT2D eigenvalue weighted by molar-refractivity contribution is -0.125. The van der Waals surface area contributed by atoms with Crippen molar-refractivity contribution < 1.29 is 19.1 Å². The van der Waals surface area contributed by atoms with E-state index in [1.807, 2.05) is 13.8 Å². The van der Waals surface area contributed by atoms with Gasteiger partial charge < -0.3 is 31.2 Å². The van der Waals surface area contributed by atoms with Gasteiger partial charge >= 0.3 is 0 Å². The second kappa shape index (κ2) is 9.49. The van der Waals surface area contributed by atoms with Crippen molar-refractivity contribution in [1.29, 1.82) is 0 Å². The Balaban J connectivity index is 1.68. The summed E-state index contributed by atoms with van der Waals surface area (Å²) in [6.45, 7) is 5.15. The summed E-state index contributed by atoms with van der Waals surface area (Å²) in [5.74, 6) is 0.408. The fourth-order valence-corrected chi connectivity index (χ4v) is 3.17. The van der Waals surface area contributed by atoms with Crippen LogP contribution in [0.25, 0.3) is 0 Å². The molecule has 2 aromatic carbocycles. The second-order valence-corrected chi connectivity index (χ2v) is 7.66. The monoisotopic (exact) mass is 412 g/mol. The molecule has 0 spiro atoms. The zero-order valence-corrected chi connectivity index (χ0v) is 17.3. The van der Waals surface area contributed by atoms with Crippen LogP contribution in [0.1, 0.15) is 20.3 Å². The molecule has 3 rings (SSSR count). The highest BCUT2D eigenvalue weighted by Crippen LogP contribution is 2.25. The molecule has 0 aliphatic carbocycles. The Morgan fingerprint density at radius 2 is 1.90 bits per heavy atom. The summed E-state index contributed by atoms with van der Waals surface area (Å²) >= 11 is 0. The molecule has 0 bridgehead atoms. The van der Waals surface area contributed by atoms with Gasteiger partial charge in [0.1, 0.15) is 12.4 Å². The number of carbonyl (C=O) groups is 2. The lowest BCUT2D eigenvalue weighted by Crippen LogP contribution is -2.41. The van der Waals surface area contributed by atoms with Crippen molar-refractivity contribution in [2.24, 2.45) is 5.92 Å². The van der Waals surface area contributed by atoms with Gasteiger partial charge in [0.2, 0.25) is 0 Å². The van der Waals surface area contributed by atoms with E-state index in [0.29, 0.717) is 42.4 Å². The van der Waals surface area contributed by atoms with Crippen LogP contribution < -0.4 is 26.4 Å². The number of hydrogen-bond donors (Lipinski definition) is 3. The Morgan fingerprint density at radius 3 is 2.53 bits per heavy atom. The average molecular weight is 412 g/mol. The van der Waals surface area contributed by atoms with Crippen LogP contribution in [0, 0.1) is 5.92 Å². The summed E-state index contributed by atoms with van der Waals surface area (Å²) < 4.78 is 11.1. The molecule has 1 heterocycles. The lowest BCUT2D eigenvalue weighted by Gasteiger charge is -2.27. The number of nitrogens with two attached hydrogens (primary N) is 2. The number of benzene rings is 2. The van der Waals surface area contributed by atoms with Gasteiger partial charge in [0, 0.05) is 24.0 Å². The van der Waals surface area contributed by atoms with Crippen LogP contribution in [0.5, 0.6) is 5.75 Å². The number of nitrogens with one attached hydrogen (secondary N) is 1. The van der Waals surface area contributed by atoms with Crippen LogP contribution in [0.3, 0.4) is 0 Å². The summed E-state index contributed by atoms with van der Waals surface area (Å²) in [5.41, 5.74) is 13.9. The Labute approximate surface area is 176 Å². The molecule has 1 aliphatic rings. The van der Waals surface area contributed by atoms with E-state index < -0.39 is 6.10 Å². The third kappa shape index (κ3) is 5.42. The Hall–Kier alpha value is -3.26. The molecule has 0 radical (unpaired) electrons. The fraction of sp³-hybridized carbons (Fsp3) is 0.364. The smallest absolute Gasteiger partial charge is 0.265 e. The average Bonchev–Trinajstić information content (AvgIpc) is 2.71. The van der Waals surface area contributed by atoms with Gasteiger partial charge in [0.15, 0.2) is 6.10 Å². The van der Waals surface area contributed by atoms with E-state index in [0.717, 1.165) is 5.69 Å². The zero-order chi connectivity index (χ0) is 21.7. The molecule has 160 valence electrons. The first kappa shape index (κ1) is 21.4. The van der Waals surface area contributed by atoms with Crippen LogP contribution in [-0.4, -0.2) is 37.7 Å². The summed E-state index contributed by atoms with van der Waals surface area (Å²) in [6, 6.07) is 12.1. The molecule has 2 amide bonds. The fourth-order valence-electron chi connectivity index (χ4n) is 3.17. The number of anilines is 4. The van der Waals surface area contributed by atoms with Crippen molar-refractivity contribution in [3.63, 3.8) is 0 Å². The summed E-state index contributed by atoms with van der Waals surface area (Å²) in [7, 11) is 0. The van der Waals surface area contributed by atoms with E-state index in [2.05, 4.69) is 5.32 Å². The number of carbonyl (C=O) groups excluding carboxylic acids is 2. The van der Waals surface area contributed by atoms with E-state index in [9.17, 15) is 9.59 Å². The van der Waals surface area contributed by atoms with Gasteiger partial charge in [0.25, 0.3) is 11.8 Å². The number of amides is 2. The predicted octanol–water partition coefficient (Wildman–Crippen LogP) is 2.65. The molecule has 1 unspecified atom stereocenters. The molecular formula is C22H28N4O4. The molecule has 8 nitrogen and oxygen atoms in total. The van der Waals surface area contributed by atoms with E-state index in [4.69, 9.17) is 20.9 Å². The first-order chi connectivity index (χ1) is 14.3.